The fourth-order valence-electron chi connectivity index (χ4n) is 5.21. The first-order valence-electron chi connectivity index (χ1n) is 12.6. The number of hydrogen-bond acceptors (Lipinski definition) is 3. The molecule has 3 rings (SSSR count). The van der Waals surface area contributed by atoms with E-state index in [1.54, 1.807) is 14.2 Å². The Bertz CT molecular complexity index is 1020. The summed E-state index contributed by atoms with van der Waals surface area (Å²) in [5.41, 5.74) is 6.79. The summed E-state index contributed by atoms with van der Waals surface area (Å²) in [6.07, 6.45) is 2.25. The number of rotatable bonds is 7. The van der Waals surface area contributed by atoms with Crippen LogP contribution in [-0.2, 0) is 4.79 Å². The Morgan fingerprint density at radius 1 is 0.824 bits per heavy atom. The smallest absolute Gasteiger partial charge is 0.161 e. The lowest BCUT2D eigenvalue weighted by molar-refractivity contribution is -0.119. The normalized spacial score (nSPS) is 18.1. The first-order valence-corrected chi connectivity index (χ1v) is 14.2. The molecule has 34 heavy (non-hydrogen) atoms. The van der Waals surface area contributed by atoms with Crippen molar-refractivity contribution in [2.24, 2.45) is 0 Å². The zero-order valence-corrected chi connectivity index (χ0v) is 23.7. The van der Waals surface area contributed by atoms with Crippen LogP contribution in [0.15, 0.2) is 24.3 Å². The van der Waals surface area contributed by atoms with Crippen molar-refractivity contribution in [1.82, 2.24) is 0 Å². The van der Waals surface area contributed by atoms with Crippen LogP contribution in [-0.4, -0.2) is 31.3 Å². The van der Waals surface area contributed by atoms with Crippen LogP contribution < -0.4 is 14.8 Å². The Morgan fingerprint density at radius 3 is 1.79 bits per heavy atom. The summed E-state index contributed by atoms with van der Waals surface area (Å²) in [4.78, 5) is 12.4. The quantitative estimate of drug-likeness (QED) is 0.375. The van der Waals surface area contributed by atoms with Crippen LogP contribution in [0.4, 0.5) is 0 Å². The molecule has 0 aromatic heterocycles. The van der Waals surface area contributed by atoms with Crippen LogP contribution in [0, 0.1) is 0 Å². The SMILES string of the molecule is COc1cc(-c2c(C(C)C)cc(C(C)C)cc2C(C)C)c(P2CCC(=O)CC2(C)C)cc1OC. The summed E-state index contributed by atoms with van der Waals surface area (Å²) in [5, 5.41) is 1.29. The van der Waals surface area contributed by atoms with Gasteiger partial charge in [0.25, 0.3) is 0 Å². The van der Waals surface area contributed by atoms with Crippen LogP contribution in [0.5, 0.6) is 11.5 Å². The molecular weight excluding hydrogens is 439 g/mol. The van der Waals surface area contributed by atoms with Crippen LogP contribution in [0.3, 0.4) is 0 Å². The highest BCUT2D eigenvalue weighted by Crippen LogP contribution is 2.57. The van der Waals surface area contributed by atoms with E-state index >= 15 is 0 Å². The fraction of sp³-hybridized carbons (Fsp3) is 0.567. The molecule has 1 saturated heterocycles. The molecule has 1 aliphatic rings. The highest BCUT2D eigenvalue weighted by atomic mass is 31.1. The lowest BCUT2D eigenvalue weighted by Gasteiger charge is -2.40. The highest BCUT2D eigenvalue weighted by Gasteiger charge is 2.39. The largest absolute Gasteiger partial charge is 0.493 e. The third-order valence-electron chi connectivity index (χ3n) is 7.17. The molecule has 186 valence electrons. The summed E-state index contributed by atoms with van der Waals surface area (Å²) in [6.45, 7) is 18.3. The summed E-state index contributed by atoms with van der Waals surface area (Å²) in [6, 6.07) is 9.24. The molecule has 2 aromatic carbocycles. The molecule has 0 spiro atoms. The first kappa shape index (κ1) is 26.7. The molecule has 1 atom stereocenters. The number of carbonyl (C=O) groups excluding carboxylic acids is 1. The maximum atomic E-state index is 12.4. The van der Waals surface area contributed by atoms with E-state index in [1.807, 2.05) is 0 Å². The van der Waals surface area contributed by atoms with Crippen LogP contribution in [0.1, 0.15) is 103 Å². The maximum Gasteiger partial charge on any atom is 0.161 e. The molecule has 0 saturated carbocycles. The molecule has 0 N–H and O–H groups in total. The van der Waals surface area contributed by atoms with Crippen molar-refractivity contribution in [1.29, 1.82) is 0 Å². The number of Topliss-reactive ketones (excluding diaryl/α,β-unsaturated/α-hetero) is 1. The molecule has 2 aromatic rings. The Labute approximate surface area is 208 Å². The second-order valence-corrected chi connectivity index (χ2v) is 14.2. The minimum Gasteiger partial charge on any atom is -0.493 e. The average molecular weight is 483 g/mol. The summed E-state index contributed by atoms with van der Waals surface area (Å²) < 4.78 is 11.6. The Hall–Kier alpha value is -1.86. The van der Waals surface area contributed by atoms with Crippen molar-refractivity contribution in [2.75, 3.05) is 20.4 Å². The van der Waals surface area contributed by atoms with E-state index < -0.39 is 7.92 Å². The van der Waals surface area contributed by atoms with E-state index in [1.165, 1.54) is 33.1 Å². The van der Waals surface area contributed by atoms with E-state index in [9.17, 15) is 4.79 Å². The van der Waals surface area contributed by atoms with Gasteiger partial charge >= 0.3 is 0 Å². The minimum absolute atomic E-state index is 0.0487. The first-order chi connectivity index (χ1) is 15.9. The van der Waals surface area contributed by atoms with Crippen molar-refractivity contribution in [3.63, 3.8) is 0 Å². The number of ketones is 1. The molecule has 0 aliphatic carbocycles. The topological polar surface area (TPSA) is 35.5 Å². The number of methoxy groups -OCH3 is 2. The molecule has 1 aliphatic heterocycles. The molecule has 0 radical (unpaired) electrons. The zero-order chi connectivity index (χ0) is 25.4. The molecule has 0 amide bonds. The standard InChI is InChI=1S/C30H43O3P/c1-18(2)21-13-23(19(3)4)29(24(14-21)20(5)6)25-15-26(32-9)27(33-10)16-28(25)34-12-11-22(31)17-30(34,7)8/h13-16,18-20H,11-12,17H2,1-10H3. The third kappa shape index (κ3) is 5.20. The number of carbonyl (C=O) groups is 1. The molecular formula is C30H43O3P. The lowest BCUT2D eigenvalue weighted by atomic mass is 9.81. The van der Waals surface area contributed by atoms with Crippen LogP contribution in [0.25, 0.3) is 11.1 Å². The number of ether oxygens (including phenoxy) is 2. The van der Waals surface area contributed by atoms with Crippen LogP contribution in [0.2, 0.25) is 0 Å². The third-order valence-corrected chi connectivity index (χ3v) is 10.4. The second-order valence-electron chi connectivity index (χ2n) is 11.2. The van der Waals surface area contributed by atoms with Gasteiger partial charge in [-0.15, -0.1) is 0 Å². The van der Waals surface area contributed by atoms with Gasteiger partial charge in [-0.1, -0.05) is 75.4 Å². The molecule has 1 fully saturated rings. The van der Waals surface area contributed by atoms with E-state index in [0.29, 0.717) is 36.4 Å². The van der Waals surface area contributed by atoms with E-state index in [0.717, 1.165) is 17.7 Å². The van der Waals surface area contributed by atoms with Crippen molar-refractivity contribution in [3.8, 4) is 22.6 Å². The van der Waals surface area contributed by atoms with Gasteiger partial charge in [0.15, 0.2) is 11.5 Å². The van der Waals surface area contributed by atoms with E-state index in [-0.39, 0.29) is 5.16 Å². The predicted octanol–water partition coefficient (Wildman–Crippen LogP) is 7.99. The Kier molecular flexibility index (Phi) is 8.18. The Balaban J connectivity index is 2.42. The van der Waals surface area contributed by atoms with Crippen molar-refractivity contribution >= 4 is 19.0 Å². The van der Waals surface area contributed by atoms with Gasteiger partial charge in [0, 0.05) is 12.8 Å². The average Bonchev–Trinajstić information content (AvgIpc) is 2.76. The van der Waals surface area contributed by atoms with Crippen molar-refractivity contribution in [2.45, 2.75) is 91.1 Å². The van der Waals surface area contributed by atoms with Crippen LogP contribution >= 0.6 is 7.92 Å². The van der Waals surface area contributed by atoms with E-state index in [4.69, 9.17) is 9.47 Å². The van der Waals surface area contributed by atoms with Crippen molar-refractivity contribution < 1.29 is 14.3 Å². The summed E-state index contributed by atoms with van der Waals surface area (Å²) in [5.74, 6) is 3.17. The number of hydrogen-bond donors (Lipinski definition) is 0. The van der Waals surface area contributed by atoms with Gasteiger partial charge in [0.1, 0.15) is 5.78 Å². The zero-order valence-electron chi connectivity index (χ0n) is 22.8. The van der Waals surface area contributed by atoms with Crippen molar-refractivity contribution in [3.05, 3.63) is 41.0 Å². The monoisotopic (exact) mass is 482 g/mol. The highest BCUT2D eigenvalue weighted by molar-refractivity contribution is 7.67. The van der Waals surface area contributed by atoms with Gasteiger partial charge in [-0.3, -0.25) is 4.79 Å². The van der Waals surface area contributed by atoms with Gasteiger partial charge in [0.05, 0.1) is 14.2 Å². The Morgan fingerprint density at radius 2 is 1.35 bits per heavy atom. The van der Waals surface area contributed by atoms with Gasteiger partial charge in [-0.2, -0.15) is 0 Å². The molecule has 1 unspecified atom stereocenters. The second kappa shape index (κ2) is 10.4. The van der Waals surface area contributed by atoms with E-state index in [2.05, 4.69) is 79.7 Å². The molecule has 3 nitrogen and oxygen atoms in total. The molecule has 4 heteroatoms. The predicted molar refractivity (Wildman–Crippen MR) is 147 cm³/mol. The van der Waals surface area contributed by atoms with Gasteiger partial charge in [0.2, 0.25) is 0 Å². The number of benzene rings is 2. The minimum atomic E-state index is -0.560. The summed E-state index contributed by atoms with van der Waals surface area (Å²) >= 11 is 0. The van der Waals surface area contributed by atoms with Gasteiger partial charge < -0.3 is 9.47 Å². The summed E-state index contributed by atoms with van der Waals surface area (Å²) in [7, 11) is 2.86. The maximum absolute atomic E-state index is 12.4. The van der Waals surface area contributed by atoms with Gasteiger partial charge in [-0.25, -0.2) is 0 Å². The molecule has 1 heterocycles. The lowest BCUT2D eigenvalue weighted by Crippen LogP contribution is -2.33. The van der Waals surface area contributed by atoms with Gasteiger partial charge in [-0.05, 0) is 74.3 Å². The fourth-order valence-corrected chi connectivity index (χ4v) is 8.29. The molecule has 0 bridgehead atoms.